The number of aromatic nitrogens is 1. The van der Waals surface area contributed by atoms with Crippen molar-refractivity contribution in [1.29, 1.82) is 0 Å². The number of rotatable bonds is 6. The lowest BCUT2D eigenvalue weighted by Gasteiger charge is -2.28. The Balaban J connectivity index is 2.62. The van der Waals surface area contributed by atoms with Gasteiger partial charge in [-0.15, -0.1) is 0 Å². The Morgan fingerprint density at radius 2 is 1.81 bits per heavy atom. The summed E-state index contributed by atoms with van der Waals surface area (Å²) < 4.78 is 12.8. The molecular formula is C10H15FN2O3. The molecule has 6 heteroatoms. The molecule has 0 saturated heterocycles. The van der Waals surface area contributed by atoms with Gasteiger partial charge in [-0.05, 0) is 11.6 Å². The van der Waals surface area contributed by atoms with E-state index in [1.54, 1.807) is 0 Å². The van der Waals surface area contributed by atoms with Gasteiger partial charge in [0.05, 0.1) is 31.6 Å². The maximum atomic E-state index is 12.8. The number of hydrogen-bond donors (Lipinski definition) is 4. The number of nitrogens with zero attached hydrogens (tertiary/aromatic N) is 1. The average Bonchev–Trinajstić information content (AvgIpc) is 2.32. The summed E-state index contributed by atoms with van der Waals surface area (Å²) in [6.45, 7) is -1.04. The van der Waals surface area contributed by atoms with Crippen molar-refractivity contribution in [2.45, 2.75) is 12.1 Å². The molecule has 1 aromatic rings. The maximum Gasteiger partial charge on any atom is 0.141 e. The van der Waals surface area contributed by atoms with Crippen molar-refractivity contribution in [2.75, 3.05) is 19.8 Å². The molecule has 0 aliphatic heterocycles. The molecule has 0 bridgehead atoms. The van der Waals surface area contributed by atoms with Gasteiger partial charge in [0.1, 0.15) is 5.82 Å². The highest BCUT2D eigenvalue weighted by Crippen LogP contribution is 2.06. The van der Waals surface area contributed by atoms with E-state index in [2.05, 4.69) is 10.3 Å². The second-order valence-electron chi connectivity index (χ2n) is 3.62. The standard InChI is InChI=1S/C10H15FN2O3/c11-9-1-8(2-12-4-9)3-13-10(5-14,6-15)7-16/h1-2,4,13-16H,3,5-7H2. The van der Waals surface area contributed by atoms with Crippen LogP contribution in [0.1, 0.15) is 5.56 Å². The molecule has 0 amide bonds. The second kappa shape index (κ2) is 5.86. The Morgan fingerprint density at radius 3 is 2.31 bits per heavy atom. The van der Waals surface area contributed by atoms with Crippen LogP contribution in [-0.4, -0.2) is 45.7 Å². The first-order valence-electron chi connectivity index (χ1n) is 4.83. The number of aliphatic hydroxyl groups is 3. The Morgan fingerprint density at radius 1 is 1.19 bits per heavy atom. The fraction of sp³-hybridized carbons (Fsp3) is 0.500. The lowest BCUT2D eigenvalue weighted by Crippen LogP contribution is -2.54. The van der Waals surface area contributed by atoms with Crippen LogP contribution in [-0.2, 0) is 6.54 Å². The SMILES string of the molecule is OCC(CO)(CO)NCc1cncc(F)c1. The van der Waals surface area contributed by atoms with Gasteiger partial charge in [0.15, 0.2) is 0 Å². The summed E-state index contributed by atoms with van der Waals surface area (Å²) in [5.74, 6) is -0.457. The molecular weight excluding hydrogens is 215 g/mol. The lowest BCUT2D eigenvalue weighted by molar-refractivity contribution is 0.0413. The van der Waals surface area contributed by atoms with E-state index in [4.69, 9.17) is 15.3 Å². The summed E-state index contributed by atoms with van der Waals surface area (Å²) in [7, 11) is 0. The number of nitrogens with one attached hydrogen (secondary N) is 1. The summed E-state index contributed by atoms with van der Waals surface area (Å²) in [5, 5.41) is 29.9. The molecule has 0 saturated carbocycles. The van der Waals surface area contributed by atoms with E-state index >= 15 is 0 Å². The average molecular weight is 230 g/mol. The number of pyridine rings is 1. The maximum absolute atomic E-state index is 12.8. The zero-order chi connectivity index (χ0) is 12.0. The van der Waals surface area contributed by atoms with Gasteiger partial charge >= 0.3 is 0 Å². The molecule has 90 valence electrons. The molecule has 0 aromatic carbocycles. The number of hydrogen-bond acceptors (Lipinski definition) is 5. The Labute approximate surface area is 92.6 Å². The van der Waals surface area contributed by atoms with Crippen molar-refractivity contribution >= 4 is 0 Å². The number of halogens is 1. The van der Waals surface area contributed by atoms with Gasteiger partial charge < -0.3 is 20.6 Å². The van der Waals surface area contributed by atoms with Gasteiger partial charge in [0.2, 0.25) is 0 Å². The van der Waals surface area contributed by atoms with Crippen LogP contribution in [0.3, 0.4) is 0 Å². The van der Waals surface area contributed by atoms with Crippen LogP contribution in [0.25, 0.3) is 0 Å². The molecule has 16 heavy (non-hydrogen) atoms. The minimum atomic E-state index is -1.16. The molecule has 0 fully saturated rings. The quantitative estimate of drug-likeness (QED) is 0.505. The fourth-order valence-corrected chi connectivity index (χ4v) is 1.16. The molecule has 0 atom stereocenters. The zero-order valence-corrected chi connectivity index (χ0v) is 8.73. The third kappa shape index (κ3) is 3.21. The normalized spacial score (nSPS) is 11.8. The minimum absolute atomic E-state index is 0.201. The summed E-state index contributed by atoms with van der Waals surface area (Å²) >= 11 is 0. The van der Waals surface area contributed by atoms with E-state index < -0.39 is 31.2 Å². The first-order valence-corrected chi connectivity index (χ1v) is 4.83. The van der Waals surface area contributed by atoms with Gasteiger partial charge in [0.25, 0.3) is 0 Å². The Bertz CT molecular complexity index is 323. The highest BCUT2D eigenvalue weighted by Gasteiger charge is 2.26. The smallest absolute Gasteiger partial charge is 0.141 e. The minimum Gasteiger partial charge on any atom is -0.394 e. The van der Waals surface area contributed by atoms with Crippen molar-refractivity contribution < 1.29 is 19.7 Å². The molecule has 0 aliphatic rings. The summed E-state index contributed by atoms with van der Waals surface area (Å²) in [4.78, 5) is 3.66. The van der Waals surface area contributed by atoms with E-state index in [-0.39, 0.29) is 6.54 Å². The van der Waals surface area contributed by atoms with Crippen LogP contribution in [0.15, 0.2) is 18.5 Å². The molecule has 0 unspecified atom stereocenters. The van der Waals surface area contributed by atoms with Crippen molar-refractivity contribution in [3.05, 3.63) is 29.8 Å². The summed E-state index contributed by atoms with van der Waals surface area (Å²) in [5.41, 5.74) is -0.591. The van der Waals surface area contributed by atoms with Gasteiger partial charge in [-0.3, -0.25) is 4.98 Å². The van der Waals surface area contributed by atoms with Gasteiger partial charge in [-0.25, -0.2) is 4.39 Å². The highest BCUT2D eigenvalue weighted by atomic mass is 19.1. The van der Waals surface area contributed by atoms with Crippen molar-refractivity contribution in [2.24, 2.45) is 0 Å². The fourth-order valence-electron chi connectivity index (χ4n) is 1.16. The van der Waals surface area contributed by atoms with E-state index in [9.17, 15) is 4.39 Å². The third-order valence-corrected chi connectivity index (χ3v) is 2.34. The third-order valence-electron chi connectivity index (χ3n) is 2.34. The van der Waals surface area contributed by atoms with Crippen molar-refractivity contribution in [3.63, 3.8) is 0 Å². The Kier molecular flexibility index (Phi) is 4.75. The second-order valence-corrected chi connectivity index (χ2v) is 3.62. The number of aliphatic hydroxyl groups excluding tert-OH is 3. The van der Waals surface area contributed by atoms with E-state index in [1.165, 1.54) is 12.3 Å². The van der Waals surface area contributed by atoms with Crippen LogP contribution in [0.5, 0.6) is 0 Å². The predicted octanol–water partition coefficient (Wildman–Crippen LogP) is -0.974. The molecule has 1 rings (SSSR count). The van der Waals surface area contributed by atoms with Crippen LogP contribution in [0, 0.1) is 5.82 Å². The van der Waals surface area contributed by atoms with E-state index in [0.29, 0.717) is 5.56 Å². The monoisotopic (exact) mass is 230 g/mol. The molecule has 1 heterocycles. The summed E-state index contributed by atoms with van der Waals surface area (Å²) in [6.07, 6.45) is 2.55. The lowest BCUT2D eigenvalue weighted by atomic mass is 10.0. The molecule has 0 spiro atoms. The van der Waals surface area contributed by atoms with Gasteiger partial charge in [0, 0.05) is 12.7 Å². The highest BCUT2D eigenvalue weighted by molar-refractivity contribution is 5.10. The van der Waals surface area contributed by atoms with Crippen LogP contribution < -0.4 is 5.32 Å². The van der Waals surface area contributed by atoms with E-state index in [1.807, 2.05) is 0 Å². The molecule has 0 aliphatic carbocycles. The van der Waals surface area contributed by atoms with Crippen molar-refractivity contribution in [3.8, 4) is 0 Å². The molecule has 4 N–H and O–H groups in total. The van der Waals surface area contributed by atoms with Crippen LogP contribution in [0.4, 0.5) is 4.39 Å². The van der Waals surface area contributed by atoms with Crippen molar-refractivity contribution in [1.82, 2.24) is 10.3 Å². The first-order chi connectivity index (χ1) is 7.65. The first kappa shape index (κ1) is 13.0. The predicted molar refractivity (Wildman–Crippen MR) is 55.0 cm³/mol. The molecule has 5 nitrogen and oxygen atoms in total. The zero-order valence-electron chi connectivity index (χ0n) is 8.73. The van der Waals surface area contributed by atoms with E-state index in [0.717, 1.165) is 6.20 Å². The molecule has 0 radical (unpaired) electrons. The topological polar surface area (TPSA) is 85.6 Å². The van der Waals surface area contributed by atoms with Crippen LogP contribution in [0.2, 0.25) is 0 Å². The van der Waals surface area contributed by atoms with Crippen LogP contribution >= 0.6 is 0 Å². The largest absolute Gasteiger partial charge is 0.394 e. The Hall–Kier alpha value is -1.08. The molecule has 1 aromatic heterocycles. The van der Waals surface area contributed by atoms with Gasteiger partial charge in [-0.1, -0.05) is 0 Å². The summed E-state index contributed by atoms with van der Waals surface area (Å²) in [6, 6.07) is 1.29. The van der Waals surface area contributed by atoms with Gasteiger partial charge in [-0.2, -0.15) is 0 Å².